The number of aliphatic hydroxyl groups excluding tert-OH is 1. The number of nitrogens with zero attached hydrogens (tertiary/aromatic N) is 7. The molecular formula is C61H85N11O8S. The summed E-state index contributed by atoms with van der Waals surface area (Å²) in [6, 6.07) is 14.1. The number of ether oxygens (including phenoxy) is 2. The molecule has 8 rings (SSSR count). The highest BCUT2D eigenvalue weighted by molar-refractivity contribution is 7.13. The maximum Gasteiger partial charge on any atom is 0.252 e. The monoisotopic (exact) mass is 1130 g/mol. The zero-order valence-electron chi connectivity index (χ0n) is 48.6. The van der Waals surface area contributed by atoms with Crippen molar-refractivity contribution in [3.8, 4) is 16.2 Å². The Bertz CT molecular complexity index is 2980. The highest BCUT2D eigenvalue weighted by Gasteiger charge is 2.44. The first-order valence-corrected chi connectivity index (χ1v) is 30.1. The van der Waals surface area contributed by atoms with E-state index in [0.717, 1.165) is 135 Å². The maximum atomic E-state index is 14.0. The molecular weight excluding hydrogens is 1050 g/mol. The number of methoxy groups -OCH3 is 1. The molecule has 19 nitrogen and oxygen atoms in total. The number of benzene rings is 2. The number of β-amino-alcohol motifs (C(OH)–C–C–N with tert-alkyl or cyclic N) is 1. The van der Waals surface area contributed by atoms with E-state index in [9.17, 15) is 29.1 Å². The Morgan fingerprint density at radius 1 is 0.877 bits per heavy atom. The number of carbonyl (C=O) groups excluding carboxylic acids is 4. The summed E-state index contributed by atoms with van der Waals surface area (Å²) in [5.41, 5.74) is 7.31. The zero-order valence-corrected chi connectivity index (χ0v) is 49.4. The third-order valence-corrected chi connectivity index (χ3v) is 17.1. The highest BCUT2D eigenvalue weighted by Crippen LogP contribution is 2.35. The predicted octanol–water partition coefficient (Wildman–Crippen LogP) is 7.97. The van der Waals surface area contributed by atoms with E-state index in [4.69, 9.17) is 14.5 Å². The number of rotatable bonds is 25. The molecule has 2 aliphatic heterocycles. The zero-order chi connectivity index (χ0) is 57.6. The molecule has 0 radical (unpaired) electrons. The molecule has 5 aromatic rings. The average Bonchev–Trinajstić information content (AvgIpc) is 4.14. The quantitative estimate of drug-likeness (QED) is 0.0350. The number of aliphatic hydroxyl groups is 1. The van der Waals surface area contributed by atoms with E-state index >= 15 is 0 Å². The molecule has 3 aliphatic rings. The standard InChI is InChI=1S/C61H85N11O8S/c1-8-52(74)65-44-19-21-45(22-20-44)72-54(76)33-40(2)48-37-63-60(68-57(48)72)66-49-24-23-46(34-51(49)79-7)70-29-27-69(28-30-70)26-13-11-9-10-12-14-31-80-32-25-53(75)67-56(61(4,5)6)59(78)71-38-47(73)35-50(71)58(77)62-36-42-15-17-43(18-16-42)55-41(3)64-39-81-55/h15-18,23-24,33-34,37,39,44-45,47,50,56,73H,8-14,19-22,25-32,35-36,38H2,1-7H3,(H,62,77)(H,65,74)(H,67,75)(H,63,66,68)/t44?,45?,47-,50+,56-/m1/s1. The number of piperazine rings is 1. The lowest BCUT2D eigenvalue weighted by atomic mass is 9.85. The number of pyridine rings is 1. The SMILES string of the molecule is CCC(=O)NC1CCC(n2c(=O)cc(C)c3cnc(Nc4ccc(N5CCN(CCCCCCCCOCCC(=O)N[C@H](C(=O)N6C[C@H](O)C[C@H]6C(=O)NCc6ccc(-c7scnc7C)cc6)C(C)(C)C)CC5)cc4OC)nc32)CC1. The van der Waals surface area contributed by atoms with E-state index < -0.39 is 23.6 Å². The lowest BCUT2D eigenvalue weighted by Gasteiger charge is -2.36. The molecule has 1 saturated carbocycles. The van der Waals surface area contributed by atoms with E-state index in [1.54, 1.807) is 30.7 Å². The summed E-state index contributed by atoms with van der Waals surface area (Å²) in [7, 11) is 1.66. The Balaban J connectivity index is 0.693. The number of hydrogen-bond acceptors (Lipinski definition) is 15. The minimum atomic E-state index is -0.891. The highest BCUT2D eigenvalue weighted by atomic mass is 32.1. The van der Waals surface area contributed by atoms with Gasteiger partial charge in [0.25, 0.3) is 5.56 Å². The van der Waals surface area contributed by atoms with Crippen molar-refractivity contribution < 1.29 is 33.8 Å². The summed E-state index contributed by atoms with van der Waals surface area (Å²) in [6.07, 6.45) is 11.4. The number of anilines is 3. The van der Waals surface area contributed by atoms with Crippen LogP contribution in [0, 0.1) is 19.3 Å². The molecule has 0 spiro atoms. The van der Waals surface area contributed by atoms with Crippen LogP contribution in [0.1, 0.15) is 134 Å². The number of thiazole rings is 1. The van der Waals surface area contributed by atoms with Crippen molar-refractivity contribution in [1.82, 2.24) is 45.3 Å². The lowest BCUT2D eigenvalue weighted by Crippen LogP contribution is -2.57. The summed E-state index contributed by atoms with van der Waals surface area (Å²) in [4.78, 5) is 87.5. The number of hydrogen-bond donors (Lipinski definition) is 5. The van der Waals surface area contributed by atoms with Crippen molar-refractivity contribution >= 4 is 63.3 Å². The fraction of sp³-hybridized carbons (Fsp3) is 0.574. The molecule has 81 heavy (non-hydrogen) atoms. The number of amides is 4. The van der Waals surface area contributed by atoms with E-state index in [-0.39, 0.29) is 73.8 Å². The van der Waals surface area contributed by atoms with Crippen LogP contribution in [0.25, 0.3) is 21.5 Å². The molecule has 3 fully saturated rings. The molecule has 1 aliphatic carbocycles. The maximum absolute atomic E-state index is 14.0. The van der Waals surface area contributed by atoms with Crippen molar-refractivity contribution in [2.24, 2.45) is 5.41 Å². The van der Waals surface area contributed by atoms with Crippen LogP contribution in [0.4, 0.5) is 17.3 Å². The summed E-state index contributed by atoms with van der Waals surface area (Å²) in [5, 5.41) is 23.8. The van der Waals surface area contributed by atoms with Crippen LogP contribution in [0.3, 0.4) is 0 Å². The summed E-state index contributed by atoms with van der Waals surface area (Å²) in [5.74, 6) is 0.0978. The van der Waals surface area contributed by atoms with Crippen LogP contribution in [0.2, 0.25) is 0 Å². The summed E-state index contributed by atoms with van der Waals surface area (Å²) in [6.45, 7) is 17.4. The van der Waals surface area contributed by atoms with Crippen LogP contribution >= 0.6 is 11.3 Å². The van der Waals surface area contributed by atoms with Gasteiger partial charge in [0, 0.05) is 107 Å². The van der Waals surface area contributed by atoms with Gasteiger partial charge in [0.05, 0.1) is 41.6 Å². The van der Waals surface area contributed by atoms with Gasteiger partial charge < -0.3 is 45.6 Å². The number of aromatic nitrogens is 4. The minimum Gasteiger partial charge on any atom is -0.494 e. The number of unbranched alkanes of at least 4 members (excludes halogenated alkanes) is 5. The van der Waals surface area contributed by atoms with Crippen molar-refractivity contribution in [3.05, 3.63) is 87.4 Å². The van der Waals surface area contributed by atoms with Gasteiger partial charge in [0.2, 0.25) is 29.6 Å². The number of likely N-dealkylation sites (tertiary alicyclic amines) is 1. The van der Waals surface area contributed by atoms with Crippen molar-refractivity contribution in [1.29, 1.82) is 0 Å². The molecule has 5 heterocycles. The largest absolute Gasteiger partial charge is 0.494 e. The molecule has 2 saturated heterocycles. The first kappa shape index (κ1) is 60.6. The van der Waals surface area contributed by atoms with Crippen molar-refractivity contribution in [2.75, 3.05) is 69.8 Å². The van der Waals surface area contributed by atoms with Gasteiger partial charge in [-0.25, -0.2) is 9.97 Å². The third-order valence-electron chi connectivity index (χ3n) is 16.1. The van der Waals surface area contributed by atoms with Crippen LogP contribution in [0.5, 0.6) is 5.75 Å². The van der Waals surface area contributed by atoms with Gasteiger partial charge >= 0.3 is 0 Å². The van der Waals surface area contributed by atoms with Gasteiger partial charge in [-0.05, 0) is 93.2 Å². The van der Waals surface area contributed by atoms with Crippen LogP contribution in [-0.2, 0) is 30.5 Å². The molecule has 3 atom stereocenters. The summed E-state index contributed by atoms with van der Waals surface area (Å²) >= 11 is 1.58. The van der Waals surface area contributed by atoms with Gasteiger partial charge in [-0.1, -0.05) is 77.6 Å². The van der Waals surface area contributed by atoms with Gasteiger partial charge in [-0.3, -0.25) is 33.4 Å². The second-order valence-corrected chi connectivity index (χ2v) is 24.0. The Morgan fingerprint density at radius 3 is 2.30 bits per heavy atom. The van der Waals surface area contributed by atoms with Crippen LogP contribution in [0.15, 0.2) is 65.0 Å². The normalized spacial score (nSPS) is 19.1. The topological polar surface area (TPSA) is 225 Å². The first-order chi connectivity index (χ1) is 39.0. The second kappa shape index (κ2) is 28.5. The van der Waals surface area contributed by atoms with Crippen LogP contribution in [-0.4, -0.2) is 142 Å². The molecule has 438 valence electrons. The van der Waals surface area contributed by atoms with Gasteiger partial charge in [-0.2, -0.15) is 4.98 Å². The van der Waals surface area contributed by atoms with E-state index in [1.165, 1.54) is 11.3 Å². The molecule has 4 amide bonds. The molecule has 20 heteroatoms. The van der Waals surface area contributed by atoms with Crippen LogP contribution < -0.4 is 36.5 Å². The van der Waals surface area contributed by atoms with E-state index in [1.807, 2.05) is 82.0 Å². The number of carbonyl (C=O) groups is 4. The molecule has 0 unspecified atom stereocenters. The van der Waals surface area contributed by atoms with Gasteiger partial charge in [0.15, 0.2) is 0 Å². The smallest absolute Gasteiger partial charge is 0.252 e. The Morgan fingerprint density at radius 2 is 1.60 bits per heavy atom. The number of nitrogens with one attached hydrogen (secondary N) is 4. The minimum absolute atomic E-state index is 0.0179. The fourth-order valence-corrected chi connectivity index (χ4v) is 12.2. The Kier molecular flexibility index (Phi) is 21.3. The van der Waals surface area contributed by atoms with E-state index in [0.29, 0.717) is 30.4 Å². The van der Waals surface area contributed by atoms with Gasteiger partial charge in [-0.15, -0.1) is 11.3 Å². The Hall–Kier alpha value is -6.48. The third kappa shape index (κ3) is 16.2. The molecule has 2 aromatic carbocycles. The number of fused-ring (bicyclic) bond motifs is 1. The van der Waals surface area contributed by atoms with Gasteiger partial charge in [0.1, 0.15) is 23.5 Å². The molecule has 5 N–H and O–H groups in total. The molecule has 0 bridgehead atoms. The average molecular weight is 1130 g/mol. The van der Waals surface area contributed by atoms with E-state index in [2.05, 4.69) is 53.2 Å². The predicted molar refractivity (Wildman–Crippen MR) is 318 cm³/mol. The fourth-order valence-electron chi connectivity index (χ4n) is 11.3. The lowest BCUT2D eigenvalue weighted by molar-refractivity contribution is -0.144. The second-order valence-electron chi connectivity index (χ2n) is 23.2. The first-order valence-electron chi connectivity index (χ1n) is 29.2. The van der Waals surface area contributed by atoms with Crippen molar-refractivity contribution in [3.63, 3.8) is 0 Å². The Labute approximate surface area is 481 Å². The van der Waals surface area contributed by atoms with Crippen molar-refractivity contribution in [2.45, 2.75) is 162 Å². The summed E-state index contributed by atoms with van der Waals surface area (Å²) < 4.78 is 13.5. The molecule has 3 aromatic heterocycles. The number of aryl methyl sites for hydroxylation is 2.